The van der Waals surface area contributed by atoms with Gasteiger partial charge in [0.25, 0.3) is 0 Å². The Balaban J connectivity index is 1.44. The van der Waals surface area contributed by atoms with Crippen molar-refractivity contribution in [1.29, 1.82) is 0 Å². The molecule has 1 aliphatic rings. The number of aromatic nitrogens is 1. The Morgan fingerprint density at radius 3 is 2.71 bits per heavy atom. The zero-order valence-electron chi connectivity index (χ0n) is 13.6. The van der Waals surface area contributed by atoms with Crippen molar-refractivity contribution >= 4 is 6.09 Å². The largest absolute Gasteiger partial charge is 0.490 e. The number of benzene rings is 1. The van der Waals surface area contributed by atoms with E-state index in [0.29, 0.717) is 24.8 Å². The van der Waals surface area contributed by atoms with Crippen LogP contribution in [0.25, 0.3) is 0 Å². The summed E-state index contributed by atoms with van der Waals surface area (Å²) in [6.45, 7) is 1.41. The topological polar surface area (TPSA) is 60.9 Å². The molecule has 24 heavy (non-hydrogen) atoms. The molecule has 126 valence electrons. The molecule has 1 amide bonds. The number of nitrogens with zero attached hydrogens (tertiary/aromatic N) is 2. The number of amides is 1. The van der Waals surface area contributed by atoms with Crippen LogP contribution in [0.2, 0.25) is 0 Å². The quantitative estimate of drug-likeness (QED) is 0.816. The van der Waals surface area contributed by atoms with Crippen molar-refractivity contribution in [3.05, 3.63) is 54.2 Å². The molecule has 1 fully saturated rings. The monoisotopic (exact) mass is 328 g/mol. The fourth-order valence-electron chi connectivity index (χ4n) is 2.42. The van der Waals surface area contributed by atoms with E-state index in [1.165, 1.54) is 0 Å². The lowest BCUT2D eigenvalue weighted by molar-refractivity contribution is 0.0259. The highest BCUT2D eigenvalue weighted by Crippen LogP contribution is 2.21. The average Bonchev–Trinajstić information content (AvgIpc) is 2.60. The molecule has 2 heterocycles. The molecule has 1 atom stereocenters. The molecule has 0 radical (unpaired) electrons. The lowest BCUT2D eigenvalue weighted by atomic mass is 10.1. The molecular formula is C18H20N2O4. The van der Waals surface area contributed by atoms with Gasteiger partial charge in [-0.1, -0.05) is 30.3 Å². The second kappa shape index (κ2) is 7.68. The van der Waals surface area contributed by atoms with Crippen LogP contribution in [0, 0.1) is 0 Å². The zero-order chi connectivity index (χ0) is 16.8. The number of carbonyl (C=O) groups is 1. The molecule has 6 nitrogen and oxygen atoms in total. The minimum absolute atomic E-state index is 0.0374. The van der Waals surface area contributed by atoms with Gasteiger partial charge in [-0.3, -0.25) is 0 Å². The van der Waals surface area contributed by atoms with Gasteiger partial charge in [0.05, 0.1) is 19.3 Å². The molecule has 6 heteroatoms. The van der Waals surface area contributed by atoms with Crippen LogP contribution in [-0.2, 0) is 11.3 Å². The van der Waals surface area contributed by atoms with E-state index in [1.807, 2.05) is 30.3 Å². The smallest absolute Gasteiger partial charge is 0.410 e. The maximum absolute atomic E-state index is 12.1. The van der Waals surface area contributed by atoms with Gasteiger partial charge in [0.1, 0.15) is 19.0 Å². The number of likely N-dealkylation sites (tertiary alicyclic amines) is 1. The molecule has 3 rings (SSSR count). The van der Waals surface area contributed by atoms with Crippen LogP contribution in [0.3, 0.4) is 0 Å². The van der Waals surface area contributed by atoms with E-state index in [4.69, 9.17) is 14.2 Å². The van der Waals surface area contributed by atoms with Crippen LogP contribution >= 0.6 is 0 Å². The maximum atomic E-state index is 12.1. The van der Waals surface area contributed by atoms with Crippen molar-refractivity contribution in [3.8, 4) is 11.6 Å². The Kier molecular flexibility index (Phi) is 5.15. The van der Waals surface area contributed by atoms with Crippen molar-refractivity contribution < 1.29 is 19.0 Å². The van der Waals surface area contributed by atoms with Gasteiger partial charge in [0.2, 0.25) is 5.88 Å². The van der Waals surface area contributed by atoms with Crippen LogP contribution < -0.4 is 9.47 Å². The Bertz CT molecular complexity index is 660. The van der Waals surface area contributed by atoms with Gasteiger partial charge < -0.3 is 19.1 Å². The SMILES string of the molecule is COc1ccc(OC[C@@H]2CCN2C(=O)OCc2ccccc2)cn1. The predicted molar refractivity (Wildman–Crippen MR) is 88.0 cm³/mol. The van der Waals surface area contributed by atoms with Crippen LogP contribution in [0.5, 0.6) is 11.6 Å². The summed E-state index contributed by atoms with van der Waals surface area (Å²) in [5.74, 6) is 1.19. The summed E-state index contributed by atoms with van der Waals surface area (Å²) in [6.07, 6.45) is 2.21. The van der Waals surface area contributed by atoms with Gasteiger partial charge in [-0.15, -0.1) is 0 Å². The first-order valence-corrected chi connectivity index (χ1v) is 7.86. The van der Waals surface area contributed by atoms with Crippen LogP contribution in [0.1, 0.15) is 12.0 Å². The molecule has 2 aromatic rings. The third kappa shape index (κ3) is 3.95. The first-order chi connectivity index (χ1) is 11.8. The fraction of sp³-hybridized carbons (Fsp3) is 0.333. The summed E-state index contributed by atoms with van der Waals surface area (Å²) < 4.78 is 16.0. The lowest BCUT2D eigenvalue weighted by Gasteiger charge is -2.39. The number of carbonyl (C=O) groups excluding carboxylic acids is 1. The van der Waals surface area contributed by atoms with E-state index in [0.717, 1.165) is 12.0 Å². The standard InChI is InChI=1S/C18H20N2O4/c1-22-17-8-7-16(11-19-17)23-13-15-9-10-20(15)18(21)24-12-14-5-3-2-4-6-14/h2-8,11,15H,9-10,12-13H2,1H3/t15-/m0/s1. The highest BCUT2D eigenvalue weighted by Gasteiger charge is 2.33. The van der Waals surface area contributed by atoms with E-state index in [-0.39, 0.29) is 18.7 Å². The van der Waals surface area contributed by atoms with Crippen molar-refractivity contribution in [3.63, 3.8) is 0 Å². The predicted octanol–water partition coefficient (Wildman–Crippen LogP) is 2.88. The Labute approximate surface area is 141 Å². The first-order valence-electron chi connectivity index (χ1n) is 7.86. The van der Waals surface area contributed by atoms with Crippen molar-refractivity contribution in [2.75, 3.05) is 20.3 Å². The van der Waals surface area contributed by atoms with Gasteiger partial charge in [0, 0.05) is 12.6 Å². The summed E-state index contributed by atoms with van der Waals surface area (Å²) in [5.41, 5.74) is 0.975. The summed E-state index contributed by atoms with van der Waals surface area (Å²) in [4.78, 5) is 17.9. The van der Waals surface area contributed by atoms with E-state index in [1.54, 1.807) is 30.3 Å². The number of hydrogen-bond acceptors (Lipinski definition) is 5. The third-order valence-corrected chi connectivity index (χ3v) is 3.94. The van der Waals surface area contributed by atoms with E-state index >= 15 is 0 Å². The van der Waals surface area contributed by atoms with Gasteiger partial charge in [-0.05, 0) is 18.1 Å². The first kappa shape index (κ1) is 16.1. The maximum Gasteiger partial charge on any atom is 0.410 e. The summed E-state index contributed by atoms with van der Waals surface area (Å²) in [5, 5.41) is 0. The third-order valence-electron chi connectivity index (χ3n) is 3.94. The van der Waals surface area contributed by atoms with Crippen LogP contribution in [0.4, 0.5) is 4.79 Å². The minimum atomic E-state index is -0.299. The molecule has 0 saturated carbocycles. The highest BCUT2D eigenvalue weighted by atomic mass is 16.6. The normalized spacial score (nSPS) is 16.2. The van der Waals surface area contributed by atoms with Crippen molar-refractivity contribution in [2.45, 2.75) is 19.1 Å². The Hall–Kier alpha value is -2.76. The second-order valence-electron chi connectivity index (χ2n) is 5.52. The summed E-state index contributed by atoms with van der Waals surface area (Å²) in [6, 6.07) is 13.2. The van der Waals surface area contributed by atoms with E-state index in [2.05, 4.69) is 4.98 Å². The van der Waals surface area contributed by atoms with E-state index < -0.39 is 0 Å². The van der Waals surface area contributed by atoms with Gasteiger partial charge in [-0.2, -0.15) is 0 Å². The summed E-state index contributed by atoms with van der Waals surface area (Å²) >= 11 is 0. The molecule has 1 aliphatic heterocycles. The summed E-state index contributed by atoms with van der Waals surface area (Å²) in [7, 11) is 1.57. The van der Waals surface area contributed by atoms with Gasteiger partial charge in [0.15, 0.2) is 0 Å². The molecule has 0 unspecified atom stereocenters. The van der Waals surface area contributed by atoms with Gasteiger partial charge >= 0.3 is 6.09 Å². The molecule has 0 N–H and O–H groups in total. The number of ether oxygens (including phenoxy) is 3. The molecule has 0 aliphatic carbocycles. The molecule has 1 aromatic heterocycles. The Morgan fingerprint density at radius 1 is 1.25 bits per heavy atom. The molecule has 0 spiro atoms. The minimum Gasteiger partial charge on any atom is -0.490 e. The number of rotatable bonds is 6. The molecule has 1 saturated heterocycles. The Morgan fingerprint density at radius 2 is 2.08 bits per heavy atom. The van der Waals surface area contributed by atoms with Crippen molar-refractivity contribution in [1.82, 2.24) is 9.88 Å². The molecular weight excluding hydrogens is 308 g/mol. The van der Waals surface area contributed by atoms with Crippen LogP contribution in [-0.4, -0.2) is 42.3 Å². The number of pyridine rings is 1. The average molecular weight is 328 g/mol. The fourth-order valence-corrected chi connectivity index (χ4v) is 2.42. The molecule has 0 bridgehead atoms. The van der Waals surface area contributed by atoms with Crippen LogP contribution in [0.15, 0.2) is 48.7 Å². The second-order valence-corrected chi connectivity index (χ2v) is 5.52. The zero-order valence-corrected chi connectivity index (χ0v) is 13.6. The highest BCUT2D eigenvalue weighted by molar-refractivity contribution is 5.69. The number of hydrogen-bond donors (Lipinski definition) is 0. The van der Waals surface area contributed by atoms with Crippen molar-refractivity contribution in [2.24, 2.45) is 0 Å². The van der Waals surface area contributed by atoms with Gasteiger partial charge in [-0.25, -0.2) is 9.78 Å². The lowest BCUT2D eigenvalue weighted by Crippen LogP contribution is -2.54. The van der Waals surface area contributed by atoms with E-state index in [9.17, 15) is 4.79 Å². The number of methoxy groups -OCH3 is 1. The molecule has 1 aromatic carbocycles.